The summed E-state index contributed by atoms with van der Waals surface area (Å²) < 4.78 is 7.28. The van der Waals surface area contributed by atoms with Crippen molar-refractivity contribution in [3.05, 3.63) is 36.2 Å². The standard InChI is InChI=1S/C14H20N4O/c1-3-19-14-10-12(4-5-13(14)15)16-8-6-11-7-9-18(2)17-11/h4-5,7,9-10,16H,3,6,8,15H2,1-2H3. The van der Waals surface area contributed by atoms with Crippen LogP contribution in [0.25, 0.3) is 0 Å². The van der Waals surface area contributed by atoms with Gasteiger partial charge >= 0.3 is 0 Å². The summed E-state index contributed by atoms with van der Waals surface area (Å²) in [5.41, 5.74) is 8.58. The first kappa shape index (κ1) is 13.3. The van der Waals surface area contributed by atoms with Crippen LogP contribution in [-0.4, -0.2) is 22.9 Å². The van der Waals surface area contributed by atoms with Gasteiger partial charge in [0.25, 0.3) is 0 Å². The molecule has 0 spiro atoms. The minimum atomic E-state index is 0.613. The van der Waals surface area contributed by atoms with Crippen LogP contribution in [0.2, 0.25) is 0 Å². The summed E-state index contributed by atoms with van der Waals surface area (Å²) in [6, 6.07) is 7.76. The topological polar surface area (TPSA) is 65.1 Å². The largest absolute Gasteiger partial charge is 0.492 e. The fourth-order valence-corrected chi connectivity index (χ4v) is 1.86. The fourth-order valence-electron chi connectivity index (χ4n) is 1.86. The Kier molecular flexibility index (Phi) is 4.28. The number of nitrogens with zero attached hydrogens (tertiary/aromatic N) is 2. The van der Waals surface area contributed by atoms with E-state index in [2.05, 4.69) is 10.4 Å². The van der Waals surface area contributed by atoms with Gasteiger partial charge in [0.2, 0.25) is 0 Å². The van der Waals surface area contributed by atoms with Crippen LogP contribution in [0.15, 0.2) is 30.5 Å². The first-order valence-electron chi connectivity index (χ1n) is 6.43. The van der Waals surface area contributed by atoms with Crippen molar-refractivity contribution in [3.8, 4) is 5.75 Å². The molecule has 0 radical (unpaired) electrons. The van der Waals surface area contributed by atoms with Crippen LogP contribution in [0.5, 0.6) is 5.75 Å². The monoisotopic (exact) mass is 260 g/mol. The van der Waals surface area contributed by atoms with Gasteiger partial charge in [-0.2, -0.15) is 5.10 Å². The number of nitrogens with one attached hydrogen (secondary N) is 1. The maximum Gasteiger partial charge on any atom is 0.144 e. The molecular formula is C14H20N4O. The van der Waals surface area contributed by atoms with Gasteiger partial charge in [-0.15, -0.1) is 0 Å². The van der Waals surface area contributed by atoms with E-state index in [-0.39, 0.29) is 0 Å². The van der Waals surface area contributed by atoms with Crippen LogP contribution in [0.3, 0.4) is 0 Å². The number of rotatable bonds is 6. The zero-order valence-electron chi connectivity index (χ0n) is 11.4. The van der Waals surface area contributed by atoms with E-state index in [0.717, 1.165) is 30.1 Å². The maximum atomic E-state index is 5.83. The summed E-state index contributed by atoms with van der Waals surface area (Å²) in [4.78, 5) is 0. The number of nitrogens with two attached hydrogens (primary N) is 1. The molecule has 0 aliphatic carbocycles. The average Bonchev–Trinajstić information content (AvgIpc) is 2.79. The van der Waals surface area contributed by atoms with Gasteiger partial charge in [-0.25, -0.2) is 0 Å². The highest BCUT2D eigenvalue weighted by molar-refractivity contribution is 5.61. The first-order chi connectivity index (χ1) is 9.19. The normalized spacial score (nSPS) is 10.4. The fraction of sp³-hybridized carbons (Fsp3) is 0.357. The van der Waals surface area contributed by atoms with Crippen LogP contribution < -0.4 is 15.8 Å². The molecule has 0 saturated heterocycles. The molecule has 0 aliphatic rings. The van der Waals surface area contributed by atoms with Gasteiger partial charge in [0.1, 0.15) is 5.75 Å². The third kappa shape index (κ3) is 3.64. The zero-order chi connectivity index (χ0) is 13.7. The van der Waals surface area contributed by atoms with E-state index in [9.17, 15) is 0 Å². The summed E-state index contributed by atoms with van der Waals surface area (Å²) in [6.07, 6.45) is 2.83. The predicted octanol–water partition coefficient (Wildman–Crippen LogP) is 2.06. The van der Waals surface area contributed by atoms with E-state index < -0.39 is 0 Å². The molecule has 102 valence electrons. The molecule has 0 fully saturated rings. The Morgan fingerprint density at radius 3 is 2.89 bits per heavy atom. The smallest absolute Gasteiger partial charge is 0.144 e. The maximum absolute atomic E-state index is 5.83. The number of hydrogen-bond acceptors (Lipinski definition) is 4. The Morgan fingerprint density at radius 2 is 2.21 bits per heavy atom. The number of anilines is 2. The second kappa shape index (κ2) is 6.13. The SMILES string of the molecule is CCOc1cc(NCCc2ccn(C)n2)ccc1N. The van der Waals surface area contributed by atoms with E-state index in [1.54, 1.807) is 0 Å². The molecule has 3 N–H and O–H groups in total. The summed E-state index contributed by atoms with van der Waals surface area (Å²) in [6.45, 7) is 3.38. The van der Waals surface area contributed by atoms with Crippen molar-refractivity contribution in [2.24, 2.45) is 7.05 Å². The van der Waals surface area contributed by atoms with Crippen molar-refractivity contribution in [3.63, 3.8) is 0 Å². The third-order valence-corrected chi connectivity index (χ3v) is 2.79. The van der Waals surface area contributed by atoms with Gasteiger partial charge in [0.05, 0.1) is 18.0 Å². The van der Waals surface area contributed by atoms with Crippen molar-refractivity contribution in [1.82, 2.24) is 9.78 Å². The zero-order valence-corrected chi connectivity index (χ0v) is 11.4. The molecule has 0 unspecified atom stereocenters. The quantitative estimate of drug-likeness (QED) is 0.780. The van der Waals surface area contributed by atoms with Crippen LogP contribution in [-0.2, 0) is 13.5 Å². The van der Waals surface area contributed by atoms with E-state index >= 15 is 0 Å². The predicted molar refractivity (Wildman–Crippen MR) is 77.4 cm³/mol. The van der Waals surface area contributed by atoms with Gasteiger partial charge in [0.15, 0.2) is 0 Å². The first-order valence-corrected chi connectivity index (χ1v) is 6.43. The number of nitrogen functional groups attached to an aromatic ring is 1. The number of aromatic nitrogens is 2. The number of aryl methyl sites for hydroxylation is 1. The molecule has 0 bridgehead atoms. The number of ether oxygens (including phenoxy) is 1. The second-order valence-electron chi connectivity index (χ2n) is 4.34. The van der Waals surface area contributed by atoms with E-state index in [1.807, 2.05) is 49.1 Å². The Hall–Kier alpha value is -2.17. The molecule has 0 saturated carbocycles. The molecule has 5 nitrogen and oxygen atoms in total. The average molecular weight is 260 g/mol. The molecule has 1 aromatic heterocycles. The lowest BCUT2D eigenvalue weighted by Gasteiger charge is -2.10. The van der Waals surface area contributed by atoms with Crippen LogP contribution in [0.4, 0.5) is 11.4 Å². The number of hydrogen-bond donors (Lipinski definition) is 2. The number of benzene rings is 1. The van der Waals surface area contributed by atoms with E-state index in [0.29, 0.717) is 12.3 Å². The summed E-state index contributed by atoms with van der Waals surface area (Å²) in [5, 5.41) is 7.68. The van der Waals surface area contributed by atoms with Crippen molar-refractivity contribution in [2.45, 2.75) is 13.3 Å². The van der Waals surface area contributed by atoms with Gasteiger partial charge in [-0.05, 0) is 25.1 Å². The summed E-state index contributed by atoms with van der Waals surface area (Å²) in [5.74, 6) is 0.727. The highest BCUT2D eigenvalue weighted by Gasteiger charge is 2.02. The molecule has 5 heteroatoms. The van der Waals surface area contributed by atoms with Gasteiger partial charge in [-0.1, -0.05) is 0 Å². The summed E-state index contributed by atoms with van der Waals surface area (Å²) in [7, 11) is 1.92. The van der Waals surface area contributed by atoms with Gasteiger partial charge in [0, 0.05) is 38.0 Å². The lowest BCUT2D eigenvalue weighted by molar-refractivity contribution is 0.342. The Labute approximate surface area is 113 Å². The minimum Gasteiger partial charge on any atom is -0.492 e. The second-order valence-corrected chi connectivity index (χ2v) is 4.34. The highest BCUT2D eigenvalue weighted by atomic mass is 16.5. The lowest BCUT2D eigenvalue weighted by Crippen LogP contribution is -2.06. The van der Waals surface area contributed by atoms with Crippen molar-refractivity contribution >= 4 is 11.4 Å². The molecule has 2 aromatic rings. The van der Waals surface area contributed by atoms with E-state index in [1.165, 1.54) is 0 Å². The van der Waals surface area contributed by atoms with Crippen molar-refractivity contribution in [1.29, 1.82) is 0 Å². The third-order valence-electron chi connectivity index (χ3n) is 2.79. The Balaban J connectivity index is 1.90. The molecule has 0 amide bonds. The Bertz CT molecular complexity index is 536. The summed E-state index contributed by atoms with van der Waals surface area (Å²) >= 11 is 0. The molecule has 19 heavy (non-hydrogen) atoms. The van der Waals surface area contributed by atoms with E-state index in [4.69, 9.17) is 10.5 Å². The molecule has 1 heterocycles. The van der Waals surface area contributed by atoms with Crippen LogP contribution >= 0.6 is 0 Å². The molecular weight excluding hydrogens is 240 g/mol. The van der Waals surface area contributed by atoms with Crippen LogP contribution in [0, 0.1) is 0 Å². The Morgan fingerprint density at radius 1 is 1.37 bits per heavy atom. The lowest BCUT2D eigenvalue weighted by atomic mass is 10.2. The molecule has 0 atom stereocenters. The molecule has 2 rings (SSSR count). The van der Waals surface area contributed by atoms with Gasteiger partial charge in [-0.3, -0.25) is 4.68 Å². The minimum absolute atomic E-state index is 0.613. The highest BCUT2D eigenvalue weighted by Crippen LogP contribution is 2.25. The van der Waals surface area contributed by atoms with Crippen molar-refractivity contribution in [2.75, 3.05) is 24.2 Å². The van der Waals surface area contributed by atoms with Crippen LogP contribution in [0.1, 0.15) is 12.6 Å². The molecule has 0 aliphatic heterocycles. The molecule has 1 aromatic carbocycles. The van der Waals surface area contributed by atoms with Crippen molar-refractivity contribution < 1.29 is 4.74 Å². The van der Waals surface area contributed by atoms with Gasteiger partial charge < -0.3 is 15.8 Å².